The van der Waals surface area contributed by atoms with E-state index in [1.54, 1.807) is 13.8 Å². The molecular formula is C29H45NO10. The summed E-state index contributed by atoms with van der Waals surface area (Å²) in [7, 11) is 0. The maximum Gasteiger partial charge on any atom is 0.513 e. The van der Waals surface area contributed by atoms with E-state index in [0.717, 1.165) is 12.8 Å². The van der Waals surface area contributed by atoms with Crippen molar-refractivity contribution in [3.8, 4) is 11.5 Å². The molecule has 0 saturated carbocycles. The predicted octanol–water partition coefficient (Wildman–Crippen LogP) is 5.82. The Labute approximate surface area is 236 Å². The topological polar surface area (TPSA) is 161 Å². The number of aliphatic carboxylic acids is 1. The van der Waals surface area contributed by atoms with Crippen LogP contribution in [0.2, 0.25) is 0 Å². The van der Waals surface area contributed by atoms with Crippen LogP contribution in [0.1, 0.15) is 91.5 Å². The molecule has 0 radical (unpaired) electrons. The molecule has 0 aliphatic carbocycles. The highest BCUT2D eigenvalue weighted by Crippen LogP contribution is 2.37. The van der Waals surface area contributed by atoms with Crippen molar-refractivity contribution >= 4 is 24.2 Å². The van der Waals surface area contributed by atoms with Gasteiger partial charge in [-0.1, -0.05) is 53.5 Å². The first-order chi connectivity index (χ1) is 18.9. The predicted molar refractivity (Wildman–Crippen MR) is 147 cm³/mol. The molecule has 11 nitrogen and oxygen atoms in total. The normalized spacial score (nSPS) is 14.0. The summed E-state index contributed by atoms with van der Waals surface area (Å²) in [6, 6.07) is 2.86. The summed E-state index contributed by atoms with van der Waals surface area (Å²) in [6.07, 6.45) is 1.11. The highest BCUT2D eigenvalue weighted by atomic mass is 16.7. The molecule has 40 heavy (non-hydrogen) atoms. The fourth-order valence-electron chi connectivity index (χ4n) is 3.80. The monoisotopic (exact) mass is 567 g/mol. The van der Waals surface area contributed by atoms with E-state index < -0.39 is 42.3 Å². The number of hydrogen-bond donors (Lipinski definition) is 2. The number of carboxylic acid groups (broad SMARTS) is 1. The van der Waals surface area contributed by atoms with E-state index in [9.17, 15) is 24.3 Å². The van der Waals surface area contributed by atoms with E-state index in [-0.39, 0.29) is 37.1 Å². The second-order valence-electron chi connectivity index (χ2n) is 10.2. The van der Waals surface area contributed by atoms with E-state index in [4.69, 9.17) is 29.4 Å². The van der Waals surface area contributed by atoms with Gasteiger partial charge in [0.2, 0.25) is 0 Å². The van der Waals surface area contributed by atoms with Gasteiger partial charge in [0, 0.05) is 18.3 Å². The molecule has 0 bridgehead atoms. The Morgan fingerprint density at radius 1 is 0.875 bits per heavy atom. The lowest BCUT2D eigenvalue weighted by atomic mass is 9.79. The zero-order valence-electron chi connectivity index (χ0n) is 24.5. The van der Waals surface area contributed by atoms with Crippen molar-refractivity contribution in [1.29, 1.82) is 0 Å². The minimum Gasteiger partial charge on any atom is -0.480 e. The number of esters is 1. The van der Waals surface area contributed by atoms with Gasteiger partial charge in [0.1, 0.15) is 12.1 Å². The molecule has 0 saturated heterocycles. The minimum absolute atomic E-state index is 0.124. The van der Waals surface area contributed by atoms with Crippen LogP contribution in [0, 0.1) is 11.8 Å². The van der Waals surface area contributed by atoms with E-state index in [1.165, 1.54) is 18.2 Å². The van der Waals surface area contributed by atoms with Gasteiger partial charge in [-0.25, -0.2) is 9.59 Å². The number of rotatable bonds is 17. The van der Waals surface area contributed by atoms with Crippen molar-refractivity contribution < 1.29 is 48.0 Å². The first kappa shape index (κ1) is 34.7. The van der Waals surface area contributed by atoms with Crippen LogP contribution in [-0.4, -0.2) is 54.7 Å². The summed E-state index contributed by atoms with van der Waals surface area (Å²) in [5.41, 5.74) is 6.47. The van der Waals surface area contributed by atoms with E-state index in [2.05, 4.69) is 0 Å². The van der Waals surface area contributed by atoms with Gasteiger partial charge in [-0.3, -0.25) is 9.59 Å². The Kier molecular flexibility index (Phi) is 15.7. The number of carboxylic acids is 1. The summed E-state index contributed by atoms with van der Waals surface area (Å²) in [4.78, 5) is 48.8. The Morgan fingerprint density at radius 3 is 1.93 bits per heavy atom. The summed E-state index contributed by atoms with van der Waals surface area (Å²) in [5.74, 6) is -3.05. The Bertz CT molecular complexity index is 964. The van der Waals surface area contributed by atoms with E-state index in [1.807, 2.05) is 27.7 Å². The lowest BCUT2D eigenvalue weighted by Crippen LogP contribution is -2.42. The lowest BCUT2D eigenvalue weighted by molar-refractivity contribution is -0.151. The largest absolute Gasteiger partial charge is 0.513 e. The van der Waals surface area contributed by atoms with Gasteiger partial charge in [-0.15, -0.1) is 0 Å². The SMILES string of the molecule is CCCCOC(=O)Oc1ccc(C(C(C)C(C)OC(=O)CCC(C)C)[C@H](N)C(=O)O)cc1OC(=O)OCCCC. The molecule has 0 aromatic heterocycles. The molecule has 1 aromatic rings. The third-order valence-electron chi connectivity index (χ3n) is 6.40. The average Bonchev–Trinajstić information content (AvgIpc) is 2.89. The van der Waals surface area contributed by atoms with Crippen LogP contribution in [-0.2, 0) is 23.8 Å². The second-order valence-corrected chi connectivity index (χ2v) is 10.2. The van der Waals surface area contributed by atoms with Gasteiger partial charge in [0.05, 0.1) is 13.2 Å². The number of hydrogen-bond acceptors (Lipinski definition) is 10. The van der Waals surface area contributed by atoms with Crippen molar-refractivity contribution in [2.45, 2.75) is 98.1 Å². The smallest absolute Gasteiger partial charge is 0.480 e. The fourth-order valence-corrected chi connectivity index (χ4v) is 3.80. The molecule has 0 spiro atoms. The molecule has 0 aliphatic rings. The van der Waals surface area contributed by atoms with Gasteiger partial charge in [-0.05, 0) is 49.8 Å². The first-order valence-electron chi connectivity index (χ1n) is 13.9. The summed E-state index contributed by atoms with van der Waals surface area (Å²) in [5, 5.41) is 9.76. The van der Waals surface area contributed by atoms with Gasteiger partial charge in [-0.2, -0.15) is 0 Å². The lowest BCUT2D eigenvalue weighted by Gasteiger charge is -2.32. The number of unbranched alkanes of at least 4 members (excludes halogenated alkanes) is 2. The fraction of sp³-hybridized carbons (Fsp3) is 0.655. The van der Waals surface area contributed by atoms with Crippen molar-refractivity contribution in [3.63, 3.8) is 0 Å². The minimum atomic E-state index is -1.39. The van der Waals surface area contributed by atoms with E-state index in [0.29, 0.717) is 30.7 Å². The van der Waals surface area contributed by atoms with E-state index >= 15 is 0 Å². The van der Waals surface area contributed by atoms with Gasteiger partial charge in [0.15, 0.2) is 11.5 Å². The molecule has 1 rings (SSSR count). The summed E-state index contributed by atoms with van der Waals surface area (Å²) < 4.78 is 26.3. The Morgan fingerprint density at radius 2 is 1.43 bits per heavy atom. The van der Waals surface area contributed by atoms with Crippen LogP contribution in [0.5, 0.6) is 11.5 Å². The Balaban J connectivity index is 3.33. The maximum atomic E-state index is 12.3. The maximum absolute atomic E-state index is 12.3. The number of ether oxygens (including phenoxy) is 5. The number of benzene rings is 1. The molecular weight excluding hydrogens is 522 g/mol. The van der Waals surface area contributed by atoms with Gasteiger partial charge < -0.3 is 34.5 Å². The molecule has 4 atom stereocenters. The second kappa shape index (κ2) is 18.1. The molecule has 11 heteroatoms. The zero-order chi connectivity index (χ0) is 30.2. The molecule has 0 amide bonds. The quantitative estimate of drug-likeness (QED) is 0.101. The third-order valence-corrected chi connectivity index (χ3v) is 6.40. The van der Waals surface area contributed by atoms with Crippen LogP contribution in [0.15, 0.2) is 18.2 Å². The van der Waals surface area contributed by atoms with Crippen molar-refractivity contribution in [1.82, 2.24) is 0 Å². The molecule has 1 aromatic carbocycles. The molecule has 3 unspecified atom stereocenters. The summed E-state index contributed by atoms with van der Waals surface area (Å²) >= 11 is 0. The highest BCUT2D eigenvalue weighted by molar-refractivity contribution is 5.75. The van der Waals surface area contributed by atoms with Crippen LogP contribution in [0.25, 0.3) is 0 Å². The molecule has 0 heterocycles. The highest BCUT2D eigenvalue weighted by Gasteiger charge is 2.36. The van der Waals surface area contributed by atoms with Crippen molar-refractivity contribution in [3.05, 3.63) is 23.8 Å². The van der Waals surface area contributed by atoms with Crippen molar-refractivity contribution in [2.24, 2.45) is 17.6 Å². The molecule has 0 aliphatic heterocycles. The molecule has 226 valence electrons. The number of nitrogens with two attached hydrogens (primary N) is 1. The third kappa shape index (κ3) is 12.2. The average molecular weight is 568 g/mol. The Hall–Kier alpha value is -3.34. The van der Waals surface area contributed by atoms with Crippen LogP contribution >= 0.6 is 0 Å². The number of carbonyl (C=O) groups excluding carboxylic acids is 3. The summed E-state index contributed by atoms with van der Waals surface area (Å²) in [6.45, 7) is 11.6. The molecule has 0 fully saturated rings. The van der Waals surface area contributed by atoms with Crippen LogP contribution in [0.4, 0.5) is 9.59 Å². The van der Waals surface area contributed by atoms with Crippen LogP contribution in [0.3, 0.4) is 0 Å². The number of carbonyl (C=O) groups is 4. The van der Waals surface area contributed by atoms with Crippen LogP contribution < -0.4 is 15.2 Å². The van der Waals surface area contributed by atoms with Gasteiger partial charge >= 0.3 is 24.2 Å². The van der Waals surface area contributed by atoms with Crippen molar-refractivity contribution in [2.75, 3.05) is 13.2 Å². The standard InChI is InChI=1S/C29H45NO10/c1-7-9-15-36-28(34)39-22-13-12-21(17-23(22)40-29(35)37-16-10-8-2)25(26(30)27(32)33)19(5)20(6)38-24(31)14-11-18(3)4/h12-13,17-20,25-26H,7-11,14-16,30H2,1-6H3,(H,32,33)/t19?,20?,25?,26-/m0/s1. The molecule has 3 N–H and O–H groups in total. The first-order valence-corrected chi connectivity index (χ1v) is 13.9. The van der Waals surface area contributed by atoms with Gasteiger partial charge in [0.25, 0.3) is 0 Å². The zero-order valence-corrected chi connectivity index (χ0v) is 24.5.